The van der Waals surface area contributed by atoms with Crippen LogP contribution >= 0.6 is 0 Å². The molecule has 0 atom stereocenters. The molecule has 0 aliphatic carbocycles. The number of aromatic amines is 1. The summed E-state index contributed by atoms with van der Waals surface area (Å²) >= 11 is 0. The molecule has 0 saturated carbocycles. The molecule has 0 aliphatic heterocycles. The second-order valence-electron chi connectivity index (χ2n) is 2.95. The van der Waals surface area contributed by atoms with Gasteiger partial charge in [-0.1, -0.05) is 6.07 Å². The van der Waals surface area contributed by atoms with E-state index >= 15 is 0 Å². The molecule has 0 saturated heterocycles. The highest BCUT2D eigenvalue weighted by Crippen LogP contribution is 2.22. The number of hydrogen-bond donors (Lipinski definition) is 1. The third kappa shape index (κ3) is 1.45. The van der Waals surface area contributed by atoms with Crippen molar-refractivity contribution in [2.45, 2.75) is 6.92 Å². The van der Waals surface area contributed by atoms with E-state index in [2.05, 4.69) is 10.2 Å². The fraction of sp³-hybridized carbons (Fsp3) is 0.100. The van der Waals surface area contributed by atoms with Gasteiger partial charge >= 0.3 is 0 Å². The third-order valence-electron chi connectivity index (χ3n) is 2.01. The first-order valence-corrected chi connectivity index (χ1v) is 4.02. The molecule has 3 heteroatoms. The van der Waals surface area contributed by atoms with Crippen LogP contribution in [0, 0.1) is 12.7 Å². The van der Waals surface area contributed by atoms with Gasteiger partial charge in [0.1, 0.15) is 5.82 Å². The van der Waals surface area contributed by atoms with Crippen LogP contribution in [0.1, 0.15) is 5.56 Å². The first-order chi connectivity index (χ1) is 6.27. The molecule has 13 heavy (non-hydrogen) atoms. The lowest BCUT2D eigenvalue weighted by Crippen LogP contribution is -1.83. The number of aryl methyl sites for hydroxylation is 1. The Morgan fingerprint density at radius 1 is 1.38 bits per heavy atom. The summed E-state index contributed by atoms with van der Waals surface area (Å²) in [7, 11) is 0. The van der Waals surface area contributed by atoms with E-state index in [1.165, 1.54) is 12.1 Å². The van der Waals surface area contributed by atoms with E-state index in [0.29, 0.717) is 0 Å². The summed E-state index contributed by atoms with van der Waals surface area (Å²) in [6.45, 7) is 1.95. The van der Waals surface area contributed by atoms with E-state index in [1.54, 1.807) is 18.5 Å². The van der Waals surface area contributed by atoms with Gasteiger partial charge in [-0.2, -0.15) is 5.10 Å². The molecule has 2 nitrogen and oxygen atoms in total. The minimum atomic E-state index is -0.221. The molecule has 0 amide bonds. The fourth-order valence-electron chi connectivity index (χ4n) is 1.30. The number of nitrogens with zero attached hydrogens (tertiary/aromatic N) is 1. The monoisotopic (exact) mass is 176 g/mol. The Kier molecular flexibility index (Phi) is 1.85. The summed E-state index contributed by atoms with van der Waals surface area (Å²) < 4.78 is 12.9. The predicted molar refractivity (Wildman–Crippen MR) is 48.7 cm³/mol. The van der Waals surface area contributed by atoms with Gasteiger partial charge in [-0.05, 0) is 30.2 Å². The normalized spacial score (nSPS) is 10.3. The summed E-state index contributed by atoms with van der Waals surface area (Å²) in [5.74, 6) is -0.221. The third-order valence-corrected chi connectivity index (χ3v) is 2.01. The first-order valence-electron chi connectivity index (χ1n) is 4.02. The van der Waals surface area contributed by atoms with Gasteiger partial charge in [-0.3, -0.25) is 5.10 Å². The number of aromatic nitrogens is 2. The number of nitrogens with one attached hydrogen (secondary N) is 1. The van der Waals surface area contributed by atoms with Crippen LogP contribution in [0.5, 0.6) is 0 Å². The summed E-state index contributed by atoms with van der Waals surface area (Å²) in [6.07, 6.45) is 3.43. The van der Waals surface area contributed by atoms with Crippen molar-refractivity contribution in [1.82, 2.24) is 10.2 Å². The van der Waals surface area contributed by atoms with Gasteiger partial charge in [0.05, 0.1) is 6.20 Å². The van der Waals surface area contributed by atoms with Crippen molar-refractivity contribution in [2.75, 3.05) is 0 Å². The predicted octanol–water partition coefficient (Wildman–Crippen LogP) is 2.52. The maximum atomic E-state index is 12.9. The molecule has 2 rings (SSSR count). The molecule has 1 aromatic heterocycles. The van der Waals surface area contributed by atoms with Gasteiger partial charge < -0.3 is 0 Å². The van der Waals surface area contributed by atoms with E-state index in [1.807, 2.05) is 6.92 Å². The van der Waals surface area contributed by atoms with Gasteiger partial charge in [0.2, 0.25) is 0 Å². The molecule has 0 fully saturated rings. The molecule has 0 bridgehead atoms. The molecule has 66 valence electrons. The summed E-state index contributed by atoms with van der Waals surface area (Å²) in [4.78, 5) is 0. The van der Waals surface area contributed by atoms with Crippen molar-refractivity contribution in [2.24, 2.45) is 0 Å². The topological polar surface area (TPSA) is 28.7 Å². The molecule has 2 aromatic rings. The maximum absolute atomic E-state index is 12.9. The number of halogens is 1. The van der Waals surface area contributed by atoms with Gasteiger partial charge in [0, 0.05) is 11.8 Å². The van der Waals surface area contributed by atoms with Gasteiger partial charge in [0.25, 0.3) is 0 Å². The Morgan fingerprint density at radius 2 is 2.23 bits per heavy atom. The van der Waals surface area contributed by atoms with Gasteiger partial charge in [-0.15, -0.1) is 0 Å². The Hall–Kier alpha value is -1.64. The quantitative estimate of drug-likeness (QED) is 0.710. The second kappa shape index (κ2) is 3.01. The van der Waals surface area contributed by atoms with E-state index in [9.17, 15) is 4.39 Å². The average Bonchev–Trinajstić information content (AvgIpc) is 2.61. The molecule has 1 aromatic carbocycles. The fourth-order valence-corrected chi connectivity index (χ4v) is 1.30. The zero-order valence-electron chi connectivity index (χ0n) is 7.21. The van der Waals surface area contributed by atoms with Crippen LogP contribution in [0.25, 0.3) is 11.1 Å². The number of hydrogen-bond acceptors (Lipinski definition) is 1. The van der Waals surface area contributed by atoms with Crippen LogP contribution in [0.4, 0.5) is 4.39 Å². The van der Waals surface area contributed by atoms with Crippen LogP contribution in [0.2, 0.25) is 0 Å². The molecule has 0 aliphatic rings. The molecule has 1 heterocycles. The lowest BCUT2D eigenvalue weighted by atomic mass is 10.0. The molecule has 1 N–H and O–H groups in total. The Labute approximate surface area is 75.4 Å². The van der Waals surface area contributed by atoms with Crippen LogP contribution in [-0.2, 0) is 0 Å². The summed E-state index contributed by atoms with van der Waals surface area (Å²) in [5, 5.41) is 6.52. The number of benzene rings is 1. The second-order valence-corrected chi connectivity index (χ2v) is 2.95. The van der Waals surface area contributed by atoms with Crippen molar-refractivity contribution in [1.29, 1.82) is 0 Å². The van der Waals surface area contributed by atoms with Crippen molar-refractivity contribution in [3.05, 3.63) is 42.0 Å². The van der Waals surface area contributed by atoms with E-state index in [-0.39, 0.29) is 5.82 Å². The Morgan fingerprint density at radius 3 is 2.92 bits per heavy atom. The van der Waals surface area contributed by atoms with E-state index in [0.717, 1.165) is 16.7 Å². The highest BCUT2D eigenvalue weighted by Gasteiger charge is 2.03. The van der Waals surface area contributed by atoms with Crippen LogP contribution in [0.3, 0.4) is 0 Å². The van der Waals surface area contributed by atoms with Crippen molar-refractivity contribution < 1.29 is 4.39 Å². The number of rotatable bonds is 1. The maximum Gasteiger partial charge on any atom is 0.123 e. The van der Waals surface area contributed by atoms with Crippen molar-refractivity contribution in [3.63, 3.8) is 0 Å². The average molecular weight is 176 g/mol. The zero-order valence-corrected chi connectivity index (χ0v) is 7.21. The minimum absolute atomic E-state index is 0.221. The summed E-state index contributed by atoms with van der Waals surface area (Å²) in [6, 6.07) is 4.73. The lowest BCUT2D eigenvalue weighted by Gasteiger charge is -2.01. The molecule has 0 radical (unpaired) electrons. The van der Waals surface area contributed by atoms with Crippen molar-refractivity contribution >= 4 is 0 Å². The van der Waals surface area contributed by atoms with Crippen molar-refractivity contribution in [3.8, 4) is 11.1 Å². The van der Waals surface area contributed by atoms with E-state index < -0.39 is 0 Å². The standard InChI is InChI=1S/C10H9FN2/c1-7-2-3-9(11)4-10(7)8-5-12-13-6-8/h2-6H,1H3,(H,12,13). The Bertz CT molecular complexity index is 407. The smallest absolute Gasteiger partial charge is 0.123 e. The zero-order chi connectivity index (χ0) is 9.26. The highest BCUT2D eigenvalue weighted by atomic mass is 19.1. The largest absolute Gasteiger partial charge is 0.285 e. The van der Waals surface area contributed by atoms with Crippen LogP contribution in [-0.4, -0.2) is 10.2 Å². The molecular formula is C10H9FN2. The van der Waals surface area contributed by atoms with E-state index in [4.69, 9.17) is 0 Å². The van der Waals surface area contributed by atoms with Crippen LogP contribution < -0.4 is 0 Å². The van der Waals surface area contributed by atoms with Crippen LogP contribution in [0.15, 0.2) is 30.6 Å². The lowest BCUT2D eigenvalue weighted by molar-refractivity contribution is 0.628. The molecular weight excluding hydrogens is 167 g/mol. The number of H-pyrrole nitrogens is 1. The van der Waals surface area contributed by atoms with Gasteiger partial charge in [-0.25, -0.2) is 4.39 Å². The van der Waals surface area contributed by atoms with Gasteiger partial charge in [0.15, 0.2) is 0 Å². The minimum Gasteiger partial charge on any atom is -0.285 e. The Balaban J connectivity index is 2.57. The first kappa shape index (κ1) is 7.98. The molecule has 0 spiro atoms. The SMILES string of the molecule is Cc1ccc(F)cc1-c1cn[nH]c1. The molecule has 0 unspecified atom stereocenters. The highest BCUT2D eigenvalue weighted by molar-refractivity contribution is 5.65. The summed E-state index contributed by atoms with van der Waals surface area (Å²) in [5.41, 5.74) is 2.84.